The maximum absolute atomic E-state index is 13.1. The molecule has 0 spiro atoms. The minimum absolute atomic E-state index is 0.137. The molecule has 1 amide bonds. The van der Waals surface area contributed by atoms with Crippen molar-refractivity contribution in [3.05, 3.63) is 95.6 Å². The first-order valence-electron chi connectivity index (χ1n) is 13.8. The van der Waals surface area contributed by atoms with Crippen molar-refractivity contribution in [1.82, 2.24) is 4.90 Å². The minimum atomic E-state index is -1.01. The summed E-state index contributed by atoms with van der Waals surface area (Å²) in [6.45, 7) is 7.01. The van der Waals surface area contributed by atoms with Gasteiger partial charge in [-0.05, 0) is 63.4 Å². The zero-order valence-corrected chi connectivity index (χ0v) is 23.4. The third kappa shape index (κ3) is 7.29. The van der Waals surface area contributed by atoms with Crippen molar-refractivity contribution in [2.24, 2.45) is 5.92 Å². The number of ether oxygens (including phenoxy) is 1. The summed E-state index contributed by atoms with van der Waals surface area (Å²) >= 11 is 0. The van der Waals surface area contributed by atoms with Crippen LogP contribution in [0.15, 0.2) is 78.9 Å². The molecule has 0 aliphatic heterocycles. The molecule has 0 heterocycles. The van der Waals surface area contributed by atoms with E-state index in [1.807, 2.05) is 56.0 Å². The Hall–Kier alpha value is -4.13. The van der Waals surface area contributed by atoms with Gasteiger partial charge in [-0.25, -0.2) is 4.79 Å². The number of nitrogens with zero attached hydrogens (tertiary/aromatic N) is 1. The van der Waals surface area contributed by atoms with Crippen LogP contribution < -0.4 is 10.1 Å². The average Bonchev–Trinajstić information content (AvgIpc) is 2.90. The highest BCUT2D eigenvalue weighted by Gasteiger charge is 2.34. The van der Waals surface area contributed by atoms with E-state index in [4.69, 9.17) is 4.74 Å². The highest BCUT2D eigenvalue weighted by molar-refractivity contribution is 6.12. The molecule has 40 heavy (non-hydrogen) atoms. The second-order valence-electron chi connectivity index (χ2n) is 11.3. The number of benzene rings is 3. The van der Waals surface area contributed by atoms with Gasteiger partial charge < -0.3 is 20.1 Å². The molecule has 0 aromatic heterocycles. The Morgan fingerprint density at radius 1 is 0.950 bits per heavy atom. The van der Waals surface area contributed by atoms with E-state index in [1.54, 1.807) is 48.5 Å². The highest BCUT2D eigenvalue weighted by Crippen LogP contribution is 2.30. The number of carbonyl (C=O) groups excluding carboxylic acids is 2. The van der Waals surface area contributed by atoms with Crippen LogP contribution >= 0.6 is 0 Å². The van der Waals surface area contributed by atoms with Crippen LogP contribution in [0.4, 0.5) is 5.69 Å². The maximum Gasteiger partial charge on any atom is 0.326 e. The fourth-order valence-corrected chi connectivity index (χ4v) is 4.80. The molecule has 1 aliphatic rings. The number of anilines is 1. The molecule has 210 valence electrons. The van der Waals surface area contributed by atoms with E-state index in [1.165, 1.54) is 0 Å². The summed E-state index contributed by atoms with van der Waals surface area (Å²) in [7, 11) is 0. The molecule has 3 aromatic rings. The van der Waals surface area contributed by atoms with Crippen molar-refractivity contribution in [3.63, 3.8) is 0 Å². The zero-order chi connectivity index (χ0) is 28.7. The first-order valence-corrected chi connectivity index (χ1v) is 13.8. The Balaban J connectivity index is 1.37. The van der Waals surface area contributed by atoms with E-state index >= 15 is 0 Å². The monoisotopic (exact) mass is 542 g/mol. The topological polar surface area (TPSA) is 95.9 Å². The molecule has 3 aromatic carbocycles. The van der Waals surface area contributed by atoms with Crippen LogP contribution in [0.2, 0.25) is 0 Å². The fraction of sp³-hybridized carbons (Fsp3) is 0.364. The van der Waals surface area contributed by atoms with E-state index in [0.717, 1.165) is 24.8 Å². The number of ketones is 1. The van der Waals surface area contributed by atoms with Gasteiger partial charge in [-0.3, -0.25) is 9.59 Å². The number of nitrogens with one attached hydrogen (secondary N) is 1. The fourth-order valence-electron chi connectivity index (χ4n) is 4.80. The molecule has 0 saturated heterocycles. The third-order valence-electron chi connectivity index (χ3n) is 7.31. The summed E-state index contributed by atoms with van der Waals surface area (Å²) in [5, 5.41) is 13.0. The largest absolute Gasteiger partial charge is 0.492 e. The summed E-state index contributed by atoms with van der Waals surface area (Å²) < 4.78 is 5.94. The van der Waals surface area contributed by atoms with Crippen molar-refractivity contribution in [2.75, 3.05) is 18.5 Å². The van der Waals surface area contributed by atoms with Gasteiger partial charge in [0.25, 0.3) is 0 Å². The van der Waals surface area contributed by atoms with Crippen molar-refractivity contribution >= 4 is 23.3 Å². The normalized spacial score (nSPS) is 14.1. The number of carboxylic acid groups (broad SMARTS) is 1. The standard InChI is InChI=1S/C33H38N2O5/c1-33(2,3)35(31(37)25-12-9-13-25)20-21-40-26-18-16-23(17-19-26)22-29(32(38)39)34-28-15-8-7-14-27(28)30(36)24-10-5-4-6-11-24/h4-8,10-11,14-19,25,29,34H,9,12-13,20-22H2,1-3H3,(H,38,39)/t29-/m0/s1. The molecule has 0 radical (unpaired) electrons. The Morgan fingerprint density at radius 3 is 2.20 bits per heavy atom. The molecule has 1 aliphatic carbocycles. The van der Waals surface area contributed by atoms with Gasteiger partial charge in [-0.1, -0.05) is 61.0 Å². The summed E-state index contributed by atoms with van der Waals surface area (Å²) in [6, 6.07) is 22.3. The second-order valence-corrected chi connectivity index (χ2v) is 11.3. The van der Waals surface area contributed by atoms with Crippen LogP contribution in [0.3, 0.4) is 0 Å². The van der Waals surface area contributed by atoms with Gasteiger partial charge >= 0.3 is 5.97 Å². The lowest BCUT2D eigenvalue weighted by atomic mass is 9.83. The van der Waals surface area contributed by atoms with E-state index in [2.05, 4.69) is 5.32 Å². The molecule has 0 bridgehead atoms. The van der Waals surface area contributed by atoms with Crippen molar-refractivity contribution in [1.29, 1.82) is 0 Å². The lowest BCUT2D eigenvalue weighted by Crippen LogP contribution is -2.51. The van der Waals surface area contributed by atoms with Gasteiger partial charge in [0, 0.05) is 34.7 Å². The Kier molecular flexibility index (Phi) is 9.25. The summed E-state index contributed by atoms with van der Waals surface area (Å²) in [4.78, 5) is 40.0. The number of para-hydroxylation sites is 1. The van der Waals surface area contributed by atoms with Gasteiger partial charge in [0.2, 0.25) is 5.91 Å². The van der Waals surface area contributed by atoms with Crippen molar-refractivity contribution < 1.29 is 24.2 Å². The number of hydrogen-bond acceptors (Lipinski definition) is 5. The first kappa shape index (κ1) is 28.9. The summed E-state index contributed by atoms with van der Waals surface area (Å²) in [5.41, 5.74) is 1.98. The number of rotatable bonds is 12. The van der Waals surface area contributed by atoms with Crippen molar-refractivity contribution in [2.45, 2.75) is 58.0 Å². The zero-order valence-electron chi connectivity index (χ0n) is 23.4. The summed E-state index contributed by atoms with van der Waals surface area (Å²) in [5.74, 6) is -0.184. The van der Waals surface area contributed by atoms with Crippen LogP contribution in [0.1, 0.15) is 61.5 Å². The highest BCUT2D eigenvalue weighted by atomic mass is 16.5. The molecular weight excluding hydrogens is 504 g/mol. The van der Waals surface area contributed by atoms with Gasteiger partial charge in [0.1, 0.15) is 18.4 Å². The van der Waals surface area contributed by atoms with E-state index in [0.29, 0.717) is 35.7 Å². The van der Waals surface area contributed by atoms with Gasteiger partial charge in [0.05, 0.1) is 6.54 Å². The first-order chi connectivity index (χ1) is 19.1. The molecule has 1 saturated carbocycles. The van der Waals surface area contributed by atoms with E-state index in [9.17, 15) is 19.5 Å². The number of carboxylic acids is 1. The molecule has 4 rings (SSSR count). The molecule has 2 N–H and O–H groups in total. The average molecular weight is 543 g/mol. The third-order valence-corrected chi connectivity index (χ3v) is 7.31. The van der Waals surface area contributed by atoms with Gasteiger partial charge in [-0.2, -0.15) is 0 Å². The number of amides is 1. The lowest BCUT2D eigenvalue weighted by molar-refractivity contribution is -0.143. The smallest absolute Gasteiger partial charge is 0.326 e. The SMILES string of the molecule is CC(C)(C)N(CCOc1ccc(C[C@H](Nc2ccccc2C(=O)c2ccccc2)C(=O)O)cc1)C(=O)C1CCC1. The number of hydrogen-bond donors (Lipinski definition) is 2. The van der Waals surface area contributed by atoms with E-state index < -0.39 is 12.0 Å². The molecule has 7 heteroatoms. The molecule has 7 nitrogen and oxygen atoms in total. The molecule has 1 fully saturated rings. The molecule has 0 unspecified atom stereocenters. The van der Waals surface area contributed by atoms with Crippen molar-refractivity contribution in [3.8, 4) is 5.75 Å². The Labute approximate surface area is 236 Å². The van der Waals surface area contributed by atoms with Crippen LogP contribution in [0.25, 0.3) is 0 Å². The quantitative estimate of drug-likeness (QED) is 0.280. The van der Waals surface area contributed by atoms with Gasteiger partial charge in [0.15, 0.2) is 5.78 Å². The molecule has 1 atom stereocenters. The summed E-state index contributed by atoms with van der Waals surface area (Å²) in [6.07, 6.45) is 3.27. The Bertz CT molecular complexity index is 1310. The predicted octanol–water partition coefficient (Wildman–Crippen LogP) is 5.83. The molecular formula is C33H38N2O5. The predicted molar refractivity (Wildman–Crippen MR) is 156 cm³/mol. The van der Waals surface area contributed by atoms with Gasteiger partial charge in [-0.15, -0.1) is 0 Å². The Morgan fingerprint density at radius 2 is 1.60 bits per heavy atom. The lowest BCUT2D eigenvalue weighted by Gasteiger charge is -2.40. The van der Waals surface area contributed by atoms with E-state index in [-0.39, 0.29) is 29.6 Å². The van der Waals surface area contributed by atoms with Crippen LogP contribution in [0, 0.1) is 5.92 Å². The minimum Gasteiger partial charge on any atom is -0.492 e. The number of carbonyl (C=O) groups is 3. The van der Waals surface area contributed by atoms with Crippen LogP contribution in [-0.4, -0.2) is 52.4 Å². The van der Waals surface area contributed by atoms with Crippen LogP contribution in [-0.2, 0) is 16.0 Å². The maximum atomic E-state index is 13.1. The van der Waals surface area contributed by atoms with Crippen LogP contribution in [0.5, 0.6) is 5.75 Å². The number of aliphatic carboxylic acids is 1. The second kappa shape index (κ2) is 12.8.